The fraction of sp³-hybridized carbons (Fsp3) is 1.00. The third-order valence-electron chi connectivity index (χ3n) is 1.99. The summed E-state index contributed by atoms with van der Waals surface area (Å²) in [6, 6.07) is 0. The van der Waals surface area contributed by atoms with Gasteiger partial charge >= 0.3 is 0 Å². The Morgan fingerprint density at radius 1 is 1.00 bits per heavy atom. The van der Waals surface area contributed by atoms with Gasteiger partial charge < -0.3 is 0 Å². The van der Waals surface area contributed by atoms with Crippen LogP contribution in [0.15, 0.2) is 0 Å². The van der Waals surface area contributed by atoms with Crippen molar-refractivity contribution in [1.29, 1.82) is 0 Å². The van der Waals surface area contributed by atoms with E-state index in [9.17, 15) is 4.39 Å². The van der Waals surface area contributed by atoms with Crippen LogP contribution in [0.4, 0.5) is 4.39 Å². The third-order valence-corrected chi connectivity index (χ3v) is 1.99. The maximum absolute atomic E-state index is 9.50. The molecule has 1 heteroatoms. The van der Waals surface area contributed by atoms with Crippen LogP contribution in [0.5, 0.6) is 0 Å². The molecule has 0 aliphatic carbocycles. The summed E-state index contributed by atoms with van der Waals surface area (Å²) in [6.45, 7) is 9.15. The van der Waals surface area contributed by atoms with Gasteiger partial charge in [-0.25, -0.2) is 0 Å². The lowest BCUT2D eigenvalue weighted by molar-refractivity contribution is 0.362. The van der Waals surface area contributed by atoms with Crippen molar-refractivity contribution in [2.75, 3.05) is 7.18 Å². The van der Waals surface area contributed by atoms with E-state index in [2.05, 4.69) is 27.7 Å². The van der Waals surface area contributed by atoms with E-state index in [-0.39, 0.29) is 0 Å². The van der Waals surface area contributed by atoms with E-state index in [4.69, 9.17) is 0 Å². The molecule has 0 bridgehead atoms. The van der Waals surface area contributed by atoms with Crippen molar-refractivity contribution in [2.24, 2.45) is 11.8 Å². The predicted octanol–water partition coefficient (Wildman–Crippen LogP) is 3.66. The Morgan fingerprint density at radius 2 is 1.30 bits per heavy atom. The van der Waals surface area contributed by atoms with Gasteiger partial charge in [-0.15, -0.1) is 0 Å². The summed E-state index contributed by atoms with van der Waals surface area (Å²) in [7, 11) is 0.500. The highest BCUT2D eigenvalue weighted by Crippen LogP contribution is 2.17. The van der Waals surface area contributed by atoms with Crippen molar-refractivity contribution in [3.63, 3.8) is 0 Å². The molecule has 0 nitrogen and oxygen atoms in total. The van der Waals surface area contributed by atoms with Crippen LogP contribution in [0.3, 0.4) is 0 Å². The molecule has 0 saturated heterocycles. The predicted molar refractivity (Wildman–Crippen MR) is 45.9 cm³/mol. The van der Waals surface area contributed by atoms with E-state index in [0.29, 0.717) is 7.18 Å². The highest BCUT2D eigenvalue weighted by Gasteiger charge is 2.06. The molecule has 0 rings (SSSR count). The average molecular weight is 148 g/mol. The van der Waals surface area contributed by atoms with Gasteiger partial charge in [0.2, 0.25) is 0 Å². The van der Waals surface area contributed by atoms with Gasteiger partial charge in [-0.3, -0.25) is 4.39 Å². The fourth-order valence-electron chi connectivity index (χ4n) is 1.23. The first-order chi connectivity index (χ1) is 4.72. The summed E-state index contributed by atoms with van der Waals surface area (Å²) in [4.78, 5) is 0. The summed E-state index contributed by atoms with van der Waals surface area (Å²) < 4.78 is 9.50. The maximum Gasteiger partial charge on any atom is 0.0785 e. The van der Waals surface area contributed by atoms with E-state index in [1.165, 1.54) is 12.8 Å². The first-order valence-corrected chi connectivity index (χ1v) is 4.10. The summed E-state index contributed by atoms with van der Waals surface area (Å²) in [5.41, 5.74) is 0. The van der Waals surface area contributed by atoms with Crippen LogP contribution in [0.2, 0.25) is 0 Å². The van der Waals surface area contributed by atoms with Crippen LogP contribution in [-0.4, -0.2) is 7.18 Å². The van der Waals surface area contributed by atoms with E-state index in [1.807, 2.05) is 0 Å². The number of hydrogen-bond donors (Lipinski definition) is 0. The summed E-state index contributed by atoms with van der Waals surface area (Å²) in [5.74, 6) is 1.83. The largest absolute Gasteiger partial charge is 0.255 e. The molecule has 0 amide bonds. The van der Waals surface area contributed by atoms with Crippen LogP contribution >= 0.6 is 0 Å². The molecule has 0 aliphatic rings. The van der Waals surface area contributed by atoms with Gasteiger partial charge in [0.05, 0.1) is 7.18 Å². The molecule has 0 heterocycles. The van der Waals surface area contributed by atoms with Crippen LogP contribution in [-0.2, 0) is 0 Å². The molecule has 64 valence electrons. The van der Waals surface area contributed by atoms with E-state index >= 15 is 0 Å². The van der Waals surface area contributed by atoms with E-state index < -0.39 is 0 Å². The number of halogens is 1. The SMILES string of the molecule is CCC(CC)C(C)C.CF. The summed E-state index contributed by atoms with van der Waals surface area (Å²) in [5, 5.41) is 0. The van der Waals surface area contributed by atoms with Crippen LogP contribution in [0.25, 0.3) is 0 Å². The molecule has 0 aliphatic heterocycles. The van der Waals surface area contributed by atoms with Crippen molar-refractivity contribution in [3.8, 4) is 0 Å². The molecule has 0 spiro atoms. The van der Waals surface area contributed by atoms with Crippen LogP contribution in [0, 0.1) is 11.8 Å². The molecule has 0 fully saturated rings. The second-order valence-electron chi connectivity index (χ2n) is 2.82. The average Bonchev–Trinajstić information content (AvgIpc) is 1.94. The van der Waals surface area contributed by atoms with Gasteiger partial charge in [-0.05, 0) is 11.8 Å². The Morgan fingerprint density at radius 3 is 1.30 bits per heavy atom. The van der Waals surface area contributed by atoms with E-state index in [0.717, 1.165) is 11.8 Å². The normalized spacial score (nSPS) is 9.60. The molecule has 0 radical (unpaired) electrons. The standard InChI is InChI=1S/C8H18.CH3F/c1-5-8(6-2)7(3)4;1-2/h7-8H,5-6H2,1-4H3;1H3. The Bertz CT molecular complexity index is 46.7. The quantitative estimate of drug-likeness (QED) is 0.573. The second-order valence-corrected chi connectivity index (χ2v) is 2.82. The topological polar surface area (TPSA) is 0 Å². The first-order valence-electron chi connectivity index (χ1n) is 4.10. The molecule has 0 N–H and O–H groups in total. The van der Waals surface area contributed by atoms with Gasteiger partial charge in [0, 0.05) is 0 Å². The number of alkyl halides is 1. The highest BCUT2D eigenvalue weighted by molar-refractivity contribution is 4.57. The first kappa shape index (κ1) is 12.6. The lowest BCUT2D eigenvalue weighted by atomic mass is 9.91. The van der Waals surface area contributed by atoms with Crippen LogP contribution < -0.4 is 0 Å². The Hall–Kier alpha value is -0.0700. The Balaban J connectivity index is 0. The Labute approximate surface area is 64.8 Å². The van der Waals surface area contributed by atoms with Gasteiger partial charge in [-0.2, -0.15) is 0 Å². The molecule has 0 aromatic rings. The lowest BCUT2D eigenvalue weighted by Crippen LogP contribution is -2.04. The lowest BCUT2D eigenvalue weighted by Gasteiger charge is -2.15. The molecule has 0 unspecified atom stereocenters. The number of hydrogen-bond acceptors (Lipinski definition) is 0. The van der Waals surface area contributed by atoms with E-state index in [1.54, 1.807) is 0 Å². The monoisotopic (exact) mass is 148 g/mol. The van der Waals surface area contributed by atoms with Crippen molar-refractivity contribution >= 4 is 0 Å². The minimum Gasteiger partial charge on any atom is -0.255 e. The van der Waals surface area contributed by atoms with Crippen molar-refractivity contribution in [1.82, 2.24) is 0 Å². The van der Waals surface area contributed by atoms with Crippen molar-refractivity contribution in [2.45, 2.75) is 40.5 Å². The number of rotatable bonds is 3. The van der Waals surface area contributed by atoms with Gasteiger partial charge in [-0.1, -0.05) is 40.5 Å². The van der Waals surface area contributed by atoms with Gasteiger partial charge in [0.25, 0.3) is 0 Å². The fourth-order valence-corrected chi connectivity index (χ4v) is 1.23. The van der Waals surface area contributed by atoms with Gasteiger partial charge in [0.15, 0.2) is 0 Å². The highest BCUT2D eigenvalue weighted by atomic mass is 19.1. The zero-order valence-corrected chi connectivity index (χ0v) is 7.95. The summed E-state index contributed by atoms with van der Waals surface area (Å²) in [6.07, 6.45) is 2.68. The maximum atomic E-state index is 9.50. The van der Waals surface area contributed by atoms with Crippen LogP contribution in [0.1, 0.15) is 40.5 Å². The van der Waals surface area contributed by atoms with Gasteiger partial charge in [0.1, 0.15) is 0 Å². The summed E-state index contributed by atoms with van der Waals surface area (Å²) >= 11 is 0. The molecule has 0 aromatic carbocycles. The zero-order chi connectivity index (χ0) is 8.57. The molecular formula is C9H21F. The smallest absolute Gasteiger partial charge is 0.0785 e. The Kier molecular flexibility index (Phi) is 11.2. The van der Waals surface area contributed by atoms with Crippen molar-refractivity contribution < 1.29 is 4.39 Å². The minimum absolute atomic E-state index is 0.500. The minimum atomic E-state index is 0.500. The molecule has 0 atom stereocenters. The molecular weight excluding hydrogens is 127 g/mol. The third kappa shape index (κ3) is 6.06. The molecule has 0 aromatic heterocycles. The van der Waals surface area contributed by atoms with Crippen molar-refractivity contribution in [3.05, 3.63) is 0 Å². The zero-order valence-electron chi connectivity index (χ0n) is 7.95. The molecule has 0 saturated carbocycles. The molecule has 10 heavy (non-hydrogen) atoms. The second kappa shape index (κ2) is 8.93.